The van der Waals surface area contributed by atoms with Gasteiger partial charge in [-0.25, -0.2) is 14.4 Å². The van der Waals surface area contributed by atoms with E-state index in [4.69, 9.17) is 20.0 Å². The number of benzene rings is 1. The summed E-state index contributed by atoms with van der Waals surface area (Å²) in [4.78, 5) is 75.2. The maximum Gasteiger partial charge on any atom is 0.333 e. The molecular formula is C27H38N4O9. The molecule has 1 saturated heterocycles. The van der Waals surface area contributed by atoms with E-state index < -0.39 is 35.8 Å². The van der Waals surface area contributed by atoms with Crippen molar-refractivity contribution in [3.8, 4) is 5.75 Å². The van der Waals surface area contributed by atoms with Crippen molar-refractivity contribution in [3.05, 3.63) is 29.8 Å². The summed E-state index contributed by atoms with van der Waals surface area (Å²) < 4.78 is 10.4. The van der Waals surface area contributed by atoms with Gasteiger partial charge in [-0.15, -0.1) is 5.06 Å². The highest BCUT2D eigenvalue weighted by Gasteiger charge is 2.32. The minimum absolute atomic E-state index is 0.0422. The third-order valence-corrected chi connectivity index (χ3v) is 6.12. The maximum atomic E-state index is 12.4. The molecule has 40 heavy (non-hydrogen) atoms. The van der Waals surface area contributed by atoms with E-state index in [-0.39, 0.29) is 31.8 Å². The van der Waals surface area contributed by atoms with Crippen molar-refractivity contribution >= 4 is 35.7 Å². The molecule has 4 N–H and O–H groups in total. The van der Waals surface area contributed by atoms with Crippen LogP contribution in [0.15, 0.2) is 24.3 Å². The highest BCUT2D eigenvalue weighted by Crippen LogP contribution is 2.15. The number of nitrogens with two attached hydrogens (primary N) is 1. The second-order valence-corrected chi connectivity index (χ2v) is 9.32. The smallest absolute Gasteiger partial charge is 0.333 e. The molecule has 0 bridgehead atoms. The molecule has 1 fully saturated rings. The first-order valence-electron chi connectivity index (χ1n) is 13.4. The predicted molar refractivity (Wildman–Crippen MR) is 141 cm³/mol. The van der Waals surface area contributed by atoms with Crippen molar-refractivity contribution in [2.24, 2.45) is 5.73 Å². The number of hydrogen-bond acceptors (Lipinski definition) is 9. The number of hydroxylamine groups is 2. The molecule has 220 valence electrons. The Balaban J connectivity index is 1.53. The number of primary amides is 1. The molecule has 13 heteroatoms. The van der Waals surface area contributed by atoms with Crippen molar-refractivity contribution < 1.29 is 43.1 Å². The number of imide groups is 1. The monoisotopic (exact) mass is 562 g/mol. The van der Waals surface area contributed by atoms with Gasteiger partial charge in [-0.05, 0) is 49.8 Å². The van der Waals surface area contributed by atoms with E-state index in [0.717, 1.165) is 12.0 Å². The van der Waals surface area contributed by atoms with Crippen LogP contribution in [-0.2, 0) is 40.2 Å². The average Bonchev–Trinajstić information content (AvgIpc) is 3.24. The molecule has 1 atom stereocenters. The number of carbonyl (C=O) groups excluding carboxylic acids is 6. The van der Waals surface area contributed by atoms with Crippen LogP contribution in [0.5, 0.6) is 5.75 Å². The molecule has 5 amide bonds. The van der Waals surface area contributed by atoms with Crippen LogP contribution in [0.25, 0.3) is 0 Å². The van der Waals surface area contributed by atoms with Crippen LogP contribution in [0, 0.1) is 0 Å². The zero-order chi connectivity index (χ0) is 29.3. The second kappa shape index (κ2) is 17.4. The molecule has 1 aliphatic heterocycles. The van der Waals surface area contributed by atoms with E-state index in [0.29, 0.717) is 62.3 Å². The first-order valence-corrected chi connectivity index (χ1v) is 13.4. The Morgan fingerprint density at radius 2 is 1.57 bits per heavy atom. The van der Waals surface area contributed by atoms with E-state index in [1.807, 2.05) is 0 Å². The standard InChI is InChI=1S/C27H38N4O9/c1-38-20-13-11-19(12-14-20)18-39-26(36)21(30-27(28)37)8-6-7-17-29-22(32)9-4-2-3-5-10-25(35)40-31-23(33)15-16-24(31)34/h11-14,21H,2-10,15-18H2,1H3,(H,29,32)(H3,28,30,37)/t21-/m0/s1. The van der Waals surface area contributed by atoms with Crippen LogP contribution in [0.3, 0.4) is 0 Å². The quantitative estimate of drug-likeness (QED) is 0.137. The number of amides is 5. The summed E-state index contributed by atoms with van der Waals surface area (Å²) in [5.74, 6) is -1.64. The van der Waals surface area contributed by atoms with Gasteiger partial charge in [0.2, 0.25) is 5.91 Å². The zero-order valence-corrected chi connectivity index (χ0v) is 22.8. The predicted octanol–water partition coefficient (Wildman–Crippen LogP) is 2.01. The van der Waals surface area contributed by atoms with Gasteiger partial charge in [0, 0.05) is 32.2 Å². The molecule has 2 rings (SSSR count). The summed E-state index contributed by atoms with van der Waals surface area (Å²) in [6.07, 6.45) is 4.61. The average molecular weight is 563 g/mol. The maximum absolute atomic E-state index is 12.4. The van der Waals surface area contributed by atoms with Crippen molar-refractivity contribution in [2.75, 3.05) is 13.7 Å². The van der Waals surface area contributed by atoms with Gasteiger partial charge >= 0.3 is 18.0 Å². The van der Waals surface area contributed by atoms with E-state index in [2.05, 4.69) is 10.6 Å². The van der Waals surface area contributed by atoms with E-state index in [1.54, 1.807) is 31.4 Å². The van der Waals surface area contributed by atoms with Gasteiger partial charge in [0.1, 0.15) is 18.4 Å². The number of ether oxygens (including phenoxy) is 2. The topological polar surface area (TPSA) is 183 Å². The highest BCUT2D eigenvalue weighted by molar-refractivity contribution is 6.01. The first-order chi connectivity index (χ1) is 19.2. The fourth-order valence-electron chi connectivity index (χ4n) is 3.90. The Labute approximate surface area is 233 Å². The molecule has 1 aliphatic rings. The minimum atomic E-state index is -0.889. The van der Waals surface area contributed by atoms with Gasteiger partial charge in [0.25, 0.3) is 11.8 Å². The van der Waals surface area contributed by atoms with Crippen LogP contribution < -0.4 is 21.1 Å². The molecule has 0 spiro atoms. The Morgan fingerprint density at radius 1 is 0.925 bits per heavy atom. The third-order valence-electron chi connectivity index (χ3n) is 6.12. The lowest BCUT2D eigenvalue weighted by molar-refractivity contribution is -0.197. The summed E-state index contributed by atoms with van der Waals surface area (Å²) in [6.45, 7) is 0.462. The Morgan fingerprint density at radius 3 is 2.20 bits per heavy atom. The van der Waals surface area contributed by atoms with Gasteiger partial charge < -0.3 is 30.7 Å². The van der Waals surface area contributed by atoms with Crippen molar-refractivity contribution in [1.82, 2.24) is 15.7 Å². The van der Waals surface area contributed by atoms with Gasteiger partial charge in [-0.3, -0.25) is 14.4 Å². The number of nitrogens with zero attached hydrogens (tertiary/aromatic N) is 1. The van der Waals surface area contributed by atoms with Crippen LogP contribution in [0.2, 0.25) is 0 Å². The Bertz CT molecular complexity index is 1010. The number of urea groups is 1. The largest absolute Gasteiger partial charge is 0.497 e. The Hall–Kier alpha value is -4.16. The SMILES string of the molecule is COc1ccc(COC(=O)[C@H](CCCCNC(=O)CCCCCCC(=O)ON2C(=O)CCC2=O)NC(N)=O)cc1. The fraction of sp³-hybridized carbons (Fsp3) is 0.556. The lowest BCUT2D eigenvalue weighted by atomic mass is 10.1. The normalized spacial score (nSPS) is 13.5. The number of rotatable bonds is 18. The minimum Gasteiger partial charge on any atom is -0.497 e. The molecule has 13 nitrogen and oxygen atoms in total. The van der Waals surface area contributed by atoms with Crippen LogP contribution in [-0.4, -0.2) is 60.5 Å². The number of hydrogen-bond donors (Lipinski definition) is 3. The van der Waals surface area contributed by atoms with E-state index in [1.165, 1.54) is 0 Å². The third kappa shape index (κ3) is 12.1. The molecule has 0 aromatic heterocycles. The first kappa shape index (κ1) is 32.1. The molecule has 0 saturated carbocycles. The van der Waals surface area contributed by atoms with Crippen LogP contribution >= 0.6 is 0 Å². The zero-order valence-electron chi connectivity index (χ0n) is 22.8. The van der Waals surface area contributed by atoms with Crippen LogP contribution in [0.4, 0.5) is 4.79 Å². The molecule has 1 heterocycles. The highest BCUT2D eigenvalue weighted by atomic mass is 16.7. The van der Waals surface area contributed by atoms with Gasteiger partial charge in [-0.2, -0.15) is 0 Å². The lowest BCUT2D eigenvalue weighted by Gasteiger charge is -2.16. The number of nitrogens with one attached hydrogen (secondary N) is 2. The Kier molecular flexibility index (Phi) is 14.0. The van der Waals surface area contributed by atoms with Crippen molar-refractivity contribution in [2.45, 2.75) is 83.3 Å². The van der Waals surface area contributed by atoms with Gasteiger partial charge in [-0.1, -0.05) is 25.0 Å². The van der Waals surface area contributed by atoms with Crippen molar-refractivity contribution in [3.63, 3.8) is 0 Å². The molecule has 0 aliphatic carbocycles. The fourth-order valence-corrected chi connectivity index (χ4v) is 3.90. The summed E-state index contributed by atoms with van der Waals surface area (Å²) in [7, 11) is 1.56. The molecule has 1 aromatic rings. The van der Waals surface area contributed by atoms with E-state index >= 15 is 0 Å². The molecule has 0 radical (unpaired) electrons. The van der Waals surface area contributed by atoms with Crippen LogP contribution in [0.1, 0.15) is 76.2 Å². The number of unbranched alkanes of at least 4 members (excludes halogenated alkanes) is 4. The summed E-state index contributed by atoms with van der Waals surface area (Å²) in [5.41, 5.74) is 5.97. The summed E-state index contributed by atoms with van der Waals surface area (Å²) in [5, 5.41) is 5.76. The lowest BCUT2D eigenvalue weighted by Crippen LogP contribution is -2.44. The van der Waals surface area contributed by atoms with Gasteiger partial charge in [0.15, 0.2) is 0 Å². The number of esters is 1. The second-order valence-electron chi connectivity index (χ2n) is 9.32. The van der Waals surface area contributed by atoms with E-state index in [9.17, 15) is 28.8 Å². The summed E-state index contributed by atoms with van der Waals surface area (Å²) in [6, 6.07) is 5.33. The summed E-state index contributed by atoms with van der Waals surface area (Å²) >= 11 is 0. The number of carbonyl (C=O) groups is 6. The van der Waals surface area contributed by atoms with Gasteiger partial charge in [0.05, 0.1) is 7.11 Å². The molecule has 0 unspecified atom stereocenters. The number of methoxy groups -OCH3 is 1. The van der Waals surface area contributed by atoms with Crippen molar-refractivity contribution in [1.29, 1.82) is 0 Å². The molecule has 1 aromatic carbocycles. The molecular weight excluding hydrogens is 524 g/mol.